The molecule has 1 atom stereocenters. The molecule has 1 aliphatic heterocycles. The summed E-state index contributed by atoms with van der Waals surface area (Å²) in [5.41, 5.74) is 1.08. The molecule has 0 saturated carbocycles. The highest BCUT2D eigenvalue weighted by atomic mass is 16.5. The molecule has 1 aromatic rings. The van der Waals surface area contributed by atoms with Crippen LogP contribution in [0.2, 0.25) is 0 Å². The van der Waals surface area contributed by atoms with E-state index >= 15 is 0 Å². The van der Waals surface area contributed by atoms with Gasteiger partial charge >= 0.3 is 5.97 Å². The molecule has 4 heteroatoms. The molecule has 0 aromatic heterocycles. The van der Waals surface area contributed by atoms with Crippen LogP contribution in [0.5, 0.6) is 0 Å². The van der Waals surface area contributed by atoms with Crippen LogP contribution in [0.4, 0.5) is 0 Å². The molecule has 4 nitrogen and oxygen atoms in total. The minimum Gasteiger partial charge on any atom is -0.478 e. The molecule has 1 unspecified atom stereocenters. The van der Waals surface area contributed by atoms with Gasteiger partial charge in [-0.25, -0.2) is 4.79 Å². The lowest BCUT2D eigenvalue weighted by atomic mass is 10.0. The third-order valence-electron chi connectivity index (χ3n) is 3.26. The lowest BCUT2D eigenvalue weighted by Gasteiger charge is -2.22. The van der Waals surface area contributed by atoms with Gasteiger partial charge in [0, 0.05) is 6.54 Å². The Hall–Kier alpha value is -1.39. The Balaban J connectivity index is 1.84. The number of piperidine rings is 1. The quantitative estimate of drug-likeness (QED) is 0.836. The molecular formula is C14H19NO3. The number of hydrogen-bond donors (Lipinski definition) is 2. The van der Waals surface area contributed by atoms with Gasteiger partial charge in [0.2, 0.25) is 0 Å². The Morgan fingerprint density at radius 3 is 3.00 bits per heavy atom. The Bertz CT molecular complexity index is 400. The van der Waals surface area contributed by atoms with Crippen LogP contribution < -0.4 is 5.32 Å². The van der Waals surface area contributed by atoms with E-state index in [9.17, 15) is 4.79 Å². The Labute approximate surface area is 107 Å². The fraction of sp³-hybridized carbons (Fsp3) is 0.500. The maximum absolute atomic E-state index is 11.0. The third-order valence-corrected chi connectivity index (χ3v) is 3.26. The van der Waals surface area contributed by atoms with Gasteiger partial charge in [-0.1, -0.05) is 18.2 Å². The highest BCUT2D eigenvalue weighted by molar-refractivity contribution is 5.89. The molecule has 1 aromatic carbocycles. The molecular weight excluding hydrogens is 230 g/mol. The van der Waals surface area contributed by atoms with Crippen molar-refractivity contribution in [1.29, 1.82) is 0 Å². The predicted molar refractivity (Wildman–Crippen MR) is 68.7 cm³/mol. The van der Waals surface area contributed by atoms with E-state index < -0.39 is 5.97 Å². The molecule has 0 radical (unpaired) electrons. The number of aromatic carboxylic acids is 1. The largest absolute Gasteiger partial charge is 0.478 e. The van der Waals surface area contributed by atoms with Crippen LogP contribution in [-0.4, -0.2) is 30.8 Å². The molecule has 1 saturated heterocycles. The number of benzene rings is 1. The molecule has 0 spiro atoms. The summed E-state index contributed by atoms with van der Waals surface area (Å²) in [4.78, 5) is 11.0. The average molecular weight is 249 g/mol. The summed E-state index contributed by atoms with van der Waals surface area (Å²) in [5, 5.41) is 12.4. The highest BCUT2D eigenvalue weighted by Crippen LogP contribution is 2.13. The van der Waals surface area contributed by atoms with Gasteiger partial charge in [0.1, 0.15) is 0 Å². The van der Waals surface area contributed by atoms with Crippen molar-refractivity contribution in [2.75, 3.05) is 19.7 Å². The fourth-order valence-corrected chi connectivity index (χ4v) is 2.26. The second-order valence-electron chi connectivity index (χ2n) is 4.69. The standard InChI is InChI=1S/C14H19NO3/c16-14(17)13-6-2-1-5-12(13)10-18-9-11-4-3-7-15-8-11/h1-2,5-6,11,15H,3-4,7-10H2,(H,16,17). The number of nitrogens with one attached hydrogen (secondary N) is 1. The summed E-state index contributed by atoms with van der Waals surface area (Å²) in [7, 11) is 0. The zero-order chi connectivity index (χ0) is 12.8. The fourth-order valence-electron chi connectivity index (χ4n) is 2.26. The Morgan fingerprint density at radius 2 is 2.28 bits per heavy atom. The first-order chi connectivity index (χ1) is 8.77. The van der Waals surface area contributed by atoms with Crippen LogP contribution >= 0.6 is 0 Å². The van der Waals surface area contributed by atoms with Gasteiger partial charge in [-0.05, 0) is 36.9 Å². The van der Waals surface area contributed by atoms with Gasteiger partial charge in [0.25, 0.3) is 0 Å². The summed E-state index contributed by atoms with van der Waals surface area (Å²) in [6.07, 6.45) is 2.38. The lowest BCUT2D eigenvalue weighted by molar-refractivity contribution is 0.0664. The molecule has 0 amide bonds. The number of carboxylic acid groups (broad SMARTS) is 1. The highest BCUT2D eigenvalue weighted by Gasteiger charge is 2.14. The first kappa shape index (κ1) is 13.1. The van der Waals surface area contributed by atoms with Crippen LogP contribution in [0.15, 0.2) is 24.3 Å². The summed E-state index contributed by atoms with van der Waals surface area (Å²) in [5.74, 6) is -0.343. The maximum atomic E-state index is 11.0. The minimum atomic E-state index is -0.895. The second kappa shape index (κ2) is 6.52. The molecule has 1 aliphatic rings. The topological polar surface area (TPSA) is 58.6 Å². The van der Waals surface area contributed by atoms with Crippen molar-refractivity contribution < 1.29 is 14.6 Å². The van der Waals surface area contributed by atoms with E-state index in [0.29, 0.717) is 24.7 Å². The normalized spacial score (nSPS) is 19.7. The van der Waals surface area contributed by atoms with Crippen LogP contribution in [0.25, 0.3) is 0 Å². The van der Waals surface area contributed by atoms with Crippen molar-refractivity contribution in [1.82, 2.24) is 5.32 Å². The van der Waals surface area contributed by atoms with E-state index in [2.05, 4.69) is 5.32 Å². The second-order valence-corrected chi connectivity index (χ2v) is 4.69. The zero-order valence-electron chi connectivity index (χ0n) is 10.4. The molecule has 2 N–H and O–H groups in total. The molecule has 0 bridgehead atoms. The lowest BCUT2D eigenvalue weighted by Crippen LogP contribution is -2.32. The third kappa shape index (κ3) is 3.55. The minimum absolute atomic E-state index is 0.333. The van der Waals surface area contributed by atoms with Gasteiger partial charge in [0.15, 0.2) is 0 Å². The van der Waals surface area contributed by atoms with E-state index in [0.717, 1.165) is 18.7 Å². The Morgan fingerprint density at radius 1 is 1.44 bits per heavy atom. The van der Waals surface area contributed by atoms with Crippen molar-refractivity contribution in [3.8, 4) is 0 Å². The van der Waals surface area contributed by atoms with Gasteiger partial charge in [-0.2, -0.15) is 0 Å². The maximum Gasteiger partial charge on any atom is 0.336 e. The van der Waals surface area contributed by atoms with Gasteiger partial charge < -0.3 is 15.2 Å². The smallest absolute Gasteiger partial charge is 0.336 e. The number of rotatable bonds is 5. The summed E-state index contributed by atoms with van der Waals surface area (Å²) < 4.78 is 5.65. The van der Waals surface area contributed by atoms with Gasteiger partial charge in [-0.15, -0.1) is 0 Å². The molecule has 1 fully saturated rings. The molecule has 1 heterocycles. The van der Waals surface area contributed by atoms with Gasteiger partial charge in [-0.3, -0.25) is 0 Å². The van der Waals surface area contributed by atoms with Crippen molar-refractivity contribution in [3.63, 3.8) is 0 Å². The predicted octanol–water partition coefficient (Wildman–Crippen LogP) is 1.90. The van der Waals surface area contributed by atoms with Crippen molar-refractivity contribution >= 4 is 5.97 Å². The van der Waals surface area contributed by atoms with E-state index in [-0.39, 0.29) is 0 Å². The average Bonchev–Trinajstić information content (AvgIpc) is 2.40. The van der Waals surface area contributed by atoms with Crippen molar-refractivity contribution in [2.45, 2.75) is 19.4 Å². The first-order valence-corrected chi connectivity index (χ1v) is 6.37. The van der Waals surface area contributed by atoms with Crippen LogP contribution in [0.3, 0.4) is 0 Å². The van der Waals surface area contributed by atoms with E-state index in [4.69, 9.17) is 9.84 Å². The summed E-state index contributed by atoms with van der Waals surface area (Å²) in [6.45, 7) is 3.17. The number of ether oxygens (including phenoxy) is 1. The van der Waals surface area contributed by atoms with Gasteiger partial charge in [0.05, 0.1) is 18.8 Å². The van der Waals surface area contributed by atoms with Crippen LogP contribution in [-0.2, 0) is 11.3 Å². The molecule has 0 aliphatic carbocycles. The summed E-state index contributed by atoms with van der Waals surface area (Å²) >= 11 is 0. The van der Waals surface area contributed by atoms with Crippen molar-refractivity contribution in [3.05, 3.63) is 35.4 Å². The Kier molecular flexibility index (Phi) is 4.73. The SMILES string of the molecule is O=C(O)c1ccccc1COCC1CCCNC1. The zero-order valence-corrected chi connectivity index (χ0v) is 10.4. The van der Waals surface area contributed by atoms with E-state index in [1.54, 1.807) is 12.1 Å². The van der Waals surface area contributed by atoms with E-state index in [1.807, 2.05) is 12.1 Å². The number of carbonyl (C=O) groups is 1. The number of hydrogen-bond acceptors (Lipinski definition) is 3. The molecule has 18 heavy (non-hydrogen) atoms. The number of carboxylic acids is 1. The first-order valence-electron chi connectivity index (χ1n) is 6.37. The van der Waals surface area contributed by atoms with Crippen LogP contribution in [0.1, 0.15) is 28.8 Å². The monoisotopic (exact) mass is 249 g/mol. The summed E-state index contributed by atoms with van der Waals surface area (Å²) in [6, 6.07) is 7.00. The molecule has 98 valence electrons. The van der Waals surface area contributed by atoms with E-state index in [1.165, 1.54) is 12.8 Å². The van der Waals surface area contributed by atoms with Crippen LogP contribution in [0, 0.1) is 5.92 Å². The molecule has 2 rings (SSSR count). The van der Waals surface area contributed by atoms with Crippen molar-refractivity contribution in [2.24, 2.45) is 5.92 Å².